The molecule has 0 saturated heterocycles. The highest BCUT2D eigenvalue weighted by Crippen LogP contribution is 2.11. The number of hydrogen-bond acceptors (Lipinski definition) is 3. The molecule has 1 aromatic rings. The van der Waals surface area contributed by atoms with Crippen molar-refractivity contribution in [1.82, 2.24) is 15.1 Å². The first-order chi connectivity index (χ1) is 6.80. The number of nitrogens with zero attached hydrogens (tertiary/aromatic N) is 2. The third kappa shape index (κ3) is 3.83. The number of amides is 1. The fourth-order valence-corrected chi connectivity index (χ4v) is 1.13. The van der Waals surface area contributed by atoms with Crippen molar-refractivity contribution in [1.29, 1.82) is 0 Å². The Morgan fingerprint density at radius 1 is 1.62 bits per heavy atom. The van der Waals surface area contributed by atoms with E-state index in [1.807, 2.05) is 20.2 Å². The molecule has 1 heterocycles. The van der Waals surface area contributed by atoms with Gasteiger partial charge in [-0.3, -0.25) is 9.48 Å². The molecule has 3 N–H and O–H groups in total. The fraction of sp³-hybridized carbons (Fsp3) is 0.600. The van der Waals surface area contributed by atoms with Crippen molar-refractivity contribution in [3.8, 4) is 0 Å². The number of nitrogens with two attached hydrogens (primary N) is 1. The number of halogens is 1. The Hall–Kier alpha value is -1.07. The second kappa shape index (κ2) is 5.32. The largest absolute Gasteiger partial charge is 0.348 e. The van der Waals surface area contributed by atoms with Gasteiger partial charge in [-0.1, -0.05) is 0 Å². The lowest BCUT2D eigenvalue weighted by molar-refractivity contribution is -0.125. The van der Waals surface area contributed by atoms with E-state index in [0.717, 1.165) is 5.56 Å². The number of aromatic nitrogens is 2. The normalized spacial score (nSPS) is 12.8. The molecule has 1 aromatic heterocycles. The number of nitrogens with one attached hydrogen (secondary N) is 1. The van der Waals surface area contributed by atoms with Gasteiger partial charge < -0.3 is 11.1 Å². The van der Waals surface area contributed by atoms with Gasteiger partial charge in [0, 0.05) is 18.8 Å². The summed E-state index contributed by atoms with van der Waals surface area (Å²) < 4.78 is 1.70. The van der Waals surface area contributed by atoms with Crippen molar-refractivity contribution in [3.05, 3.63) is 18.0 Å². The molecule has 0 aromatic carbocycles. The minimum absolute atomic E-state index is 0. The van der Waals surface area contributed by atoms with Gasteiger partial charge in [0.05, 0.1) is 17.8 Å². The zero-order valence-corrected chi connectivity index (χ0v) is 10.8. The van der Waals surface area contributed by atoms with Crippen LogP contribution in [0.5, 0.6) is 0 Å². The Morgan fingerprint density at radius 2 is 2.19 bits per heavy atom. The summed E-state index contributed by atoms with van der Waals surface area (Å²) in [5.74, 6) is -0.168. The van der Waals surface area contributed by atoms with Crippen molar-refractivity contribution in [2.24, 2.45) is 12.8 Å². The third-order valence-corrected chi connectivity index (χ3v) is 2.16. The van der Waals surface area contributed by atoms with E-state index in [9.17, 15) is 4.79 Å². The Balaban J connectivity index is 0.00000225. The summed E-state index contributed by atoms with van der Waals surface area (Å²) in [5.41, 5.74) is 5.79. The van der Waals surface area contributed by atoms with Crippen LogP contribution in [0.4, 0.5) is 0 Å². The average molecular weight is 247 g/mol. The van der Waals surface area contributed by atoms with E-state index in [2.05, 4.69) is 10.4 Å². The van der Waals surface area contributed by atoms with Crippen LogP contribution < -0.4 is 11.1 Å². The first kappa shape index (κ1) is 14.9. The molecule has 0 aliphatic heterocycles. The molecule has 0 radical (unpaired) electrons. The van der Waals surface area contributed by atoms with E-state index < -0.39 is 5.54 Å². The zero-order valence-electron chi connectivity index (χ0n) is 10.0. The van der Waals surface area contributed by atoms with E-state index in [-0.39, 0.29) is 24.4 Å². The van der Waals surface area contributed by atoms with Crippen molar-refractivity contribution in [2.75, 3.05) is 0 Å². The molecule has 1 amide bonds. The molecule has 5 nitrogen and oxygen atoms in total. The summed E-state index contributed by atoms with van der Waals surface area (Å²) in [6, 6.07) is -0.0750. The molecule has 92 valence electrons. The topological polar surface area (TPSA) is 72.9 Å². The molecule has 16 heavy (non-hydrogen) atoms. The maximum atomic E-state index is 11.6. The highest BCUT2D eigenvalue weighted by atomic mass is 35.5. The number of hydrogen-bond donors (Lipinski definition) is 2. The first-order valence-electron chi connectivity index (χ1n) is 4.89. The van der Waals surface area contributed by atoms with Crippen LogP contribution in [-0.2, 0) is 11.8 Å². The molecule has 0 saturated carbocycles. The van der Waals surface area contributed by atoms with E-state index in [0.29, 0.717) is 0 Å². The van der Waals surface area contributed by atoms with Crippen LogP contribution >= 0.6 is 12.4 Å². The number of aryl methyl sites for hydroxylation is 1. The van der Waals surface area contributed by atoms with Crippen molar-refractivity contribution < 1.29 is 4.79 Å². The molecule has 1 atom stereocenters. The molecule has 1 rings (SSSR count). The SMILES string of the molecule is CC(NC(=O)C(C)(C)N)c1cnn(C)c1.Cl. The van der Waals surface area contributed by atoms with Gasteiger partial charge in [0.1, 0.15) is 0 Å². The third-order valence-electron chi connectivity index (χ3n) is 2.16. The standard InChI is InChI=1S/C10H18N4O.ClH/c1-7(8-5-12-14(4)6-8)13-9(15)10(2,3)11;/h5-7H,11H2,1-4H3,(H,13,15);1H. The minimum atomic E-state index is -0.851. The van der Waals surface area contributed by atoms with Crippen LogP contribution in [0.3, 0.4) is 0 Å². The summed E-state index contributed by atoms with van der Waals surface area (Å²) in [5, 5.41) is 6.87. The van der Waals surface area contributed by atoms with Gasteiger partial charge in [-0.05, 0) is 20.8 Å². The molecule has 6 heteroatoms. The lowest BCUT2D eigenvalue weighted by Crippen LogP contribution is -2.49. The predicted octanol–water partition coefficient (Wildman–Crippen LogP) is 0.756. The van der Waals surface area contributed by atoms with Crippen LogP contribution in [0, 0.1) is 0 Å². The van der Waals surface area contributed by atoms with Gasteiger partial charge in [-0.15, -0.1) is 12.4 Å². The van der Waals surface area contributed by atoms with Crippen molar-refractivity contribution in [2.45, 2.75) is 32.4 Å². The van der Waals surface area contributed by atoms with E-state index >= 15 is 0 Å². The lowest BCUT2D eigenvalue weighted by Gasteiger charge is -2.21. The van der Waals surface area contributed by atoms with Crippen LogP contribution in [0.15, 0.2) is 12.4 Å². The zero-order chi connectivity index (χ0) is 11.6. The molecular formula is C10H19ClN4O. The lowest BCUT2D eigenvalue weighted by atomic mass is 10.1. The number of carbonyl (C=O) groups excluding carboxylic acids is 1. The molecule has 0 spiro atoms. The van der Waals surface area contributed by atoms with Crippen LogP contribution in [-0.4, -0.2) is 21.2 Å². The van der Waals surface area contributed by atoms with Crippen LogP contribution in [0.1, 0.15) is 32.4 Å². The molecule has 0 aliphatic carbocycles. The average Bonchev–Trinajstić information content (AvgIpc) is 2.50. The van der Waals surface area contributed by atoms with Gasteiger partial charge in [-0.25, -0.2) is 0 Å². The van der Waals surface area contributed by atoms with Crippen molar-refractivity contribution in [3.63, 3.8) is 0 Å². The van der Waals surface area contributed by atoms with E-state index in [1.54, 1.807) is 24.7 Å². The maximum Gasteiger partial charge on any atom is 0.239 e. The van der Waals surface area contributed by atoms with Crippen LogP contribution in [0.25, 0.3) is 0 Å². The van der Waals surface area contributed by atoms with Gasteiger partial charge in [0.25, 0.3) is 0 Å². The summed E-state index contributed by atoms with van der Waals surface area (Å²) in [6.07, 6.45) is 3.60. The second-order valence-corrected chi connectivity index (χ2v) is 4.36. The van der Waals surface area contributed by atoms with Gasteiger partial charge in [0.2, 0.25) is 5.91 Å². The number of rotatable bonds is 3. The Labute approximate surface area is 102 Å². The molecule has 0 fully saturated rings. The smallest absolute Gasteiger partial charge is 0.239 e. The first-order valence-corrected chi connectivity index (χ1v) is 4.89. The molecule has 0 aliphatic rings. The summed E-state index contributed by atoms with van der Waals surface area (Å²) >= 11 is 0. The maximum absolute atomic E-state index is 11.6. The number of carbonyl (C=O) groups is 1. The minimum Gasteiger partial charge on any atom is -0.348 e. The molecule has 1 unspecified atom stereocenters. The van der Waals surface area contributed by atoms with E-state index in [4.69, 9.17) is 5.73 Å². The quantitative estimate of drug-likeness (QED) is 0.827. The summed E-state index contributed by atoms with van der Waals surface area (Å²) in [4.78, 5) is 11.6. The van der Waals surface area contributed by atoms with Gasteiger partial charge in [-0.2, -0.15) is 5.10 Å². The molecule has 0 bridgehead atoms. The Morgan fingerprint density at radius 3 is 2.56 bits per heavy atom. The Bertz CT molecular complexity index is 356. The Kier molecular flexibility index (Phi) is 4.96. The predicted molar refractivity (Wildman–Crippen MR) is 65.3 cm³/mol. The summed E-state index contributed by atoms with van der Waals surface area (Å²) in [7, 11) is 1.84. The highest BCUT2D eigenvalue weighted by molar-refractivity contribution is 5.85. The second-order valence-electron chi connectivity index (χ2n) is 4.36. The van der Waals surface area contributed by atoms with Gasteiger partial charge >= 0.3 is 0 Å². The molecular weight excluding hydrogens is 228 g/mol. The summed E-state index contributed by atoms with van der Waals surface area (Å²) in [6.45, 7) is 5.26. The fourth-order valence-electron chi connectivity index (χ4n) is 1.13. The highest BCUT2D eigenvalue weighted by Gasteiger charge is 2.23. The van der Waals surface area contributed by atoms with E-state index in [1.165, 1.54) is 0 Å². The monoisotopic (exact) mass is 246 g/mol. The van der Waals surface area contributed by atoms with Gasteiger partial charge in [0.15, 0.2) is 0 Å². The van der Waals surface area contributed by atoms with Crippen molar-refractivity contribution >= 4 is 18.3 Å². The van der Waals surface area contributed by atoms with Crippen LogP contribution in [0.2, 0.25) is 0 Å².